The van der Waals surface area contributed by atoms with Crippen molar-refractivity contribution in [2.24, 2.45) is 0 Å². The van der Waals surface area contributed by atoms with Gasteiger partial charge >= 0.3 is 0 Å². The third kappa shape index (κ3) is 4.05. The molecule has 0 atom stereocenters. The molecule has 0 aromatic heterocycles. The van der Waals surface area contributed by atoms with Crippen molar-refractivity contribution >= 4 is 0 Å². The van der Waals surface area contributed by atoms with Crippen LogP contribution >= 0.6 is 0 Å². The average Bonchev–Trinajstić information content (AvgIpc) is 2.18. The third-order valence-corrected chi connectivity index (χ3v) is 2.73. The van der Waals surface area contributed by atoms with E-state index in [0.29, 0.717) is 0 Å². The zero-order valence-electron chi connectivity index (χ0n) is 10.1. The second kappa shape index (κ2) is 5.32. The fourth-order valence-electron chi connectivity index (χ4n) is 1.66. The van der Waals surface area contributed by atoms with Crippen molar-refractivity contribution < 1.29 is 5.11 Å². The first kappa shape index (κ1) is 12.3. The molecule has 0 spiro atoms. The van der Waals surface area contributed by atoms with Gasteiger partial charge in [-0.1, -0.05) is 44.0 Å². The Balaban J connectivity index is 2.57. The SMILES string of the molecule is CCCCCc1ccc(C(C)(C)O)cc1. The summed E-state index contributed by atoms with van der Waals surface area (Å²) in [6, 6.07) is 8.31. The Morgan fingerprint density at radius 3 is 2.13 bits per heavy atom. The monoisotopic (exact) mass is 206 g/mol. The lowest BCUT2D eigenvalue weighted by atomic mass is 9.96. The maximum atomic E-state index is 9.79. The van der Waals surface area contributed by atoms with Crippen LogP contribution in [0.3, 0.4) is 0 Å². The van der Waals surface area contributed by atoms with E-state index in [0.717, 1.165) is 12.0 Å². The van der Waals surface area contributed by atoms with Gasteiger partial charge in [0.25, 0.3) is 0 Å². The molecule has 0 bridgehead atoms. The second-order valence-electron chi connectivity index (χ2n) is 4.71. The number of rotatable bonds is 5. The Hall–Kier alpha value is -0.820. The largest absolute Gasteiger partial charge is 0.386 e. The van der Waals surface area contributed by atoms with Gasteiger partial charge in [0, 0.05) is 0 Å². The molecule has 1 aromatic carbocycles. The molecule has 1 rings (SSSR count). The molecule has 1 aromatic rings. The summed E-state index contributed by atoms with van der Waals surface area (Å²) in [5, 5.41) is 9.79. The summed E-state index contributed by atoms with van der Waals surface area (Å²) in [6.07, 6.45) is 4.98. The molecule has 1 heteroatoms. The molecule has 0 aliphatic carbocycles. The highest BCUT2D eigenvalue weighted by atomic mass is 16.3. The van der Waals surface area contributed by atoms with Crippen molar-refractivity contribution in [3.8, 4) is 0 Å². The molecule has 0 saturated heterocycles. The highest BCUT2D eigenvalue weighted by Gasteiger charge is 2.14. The summed E-state index contributed by atoms with van der Waals surface area (Å²) in [4.78, 5) is 0. The number of hydrogen-bond donors (Lipinski definition) is 1. The topological polar surface area (TPSA) is 20.2 Å². The van der Waals surface area contributed by atoms with Gasteiger partial charge in [0.15, 0.2) is 0 Å². The van der Waals surface area contributed by atoms with Gasteiger partial charge in [0.2, 0.25) is 0 Å². The summed E-state index contributed by atoms with van der Waals surface area (Å²) >= 11 is 0. The number of unbranched alkanes of at least 4 members (excludes halogenated alkanes) is 2. The first-order valence-electron chi connectivity index (χ1n) is 5.86. The molecule has 0 heterocycles. The van der Waals surface area contributed by atoms with Crippen LogP contribution < -0.4 is 0 Å². The summed E-state index contributed by atoms with van der Waals surface area (Å²) in [6.45, 7) is 5.86. The zero-order chi connectivity index (χ0) is 11.3. The van der Waals surface area contributed by atoms with Crippen LogP contribution in [0.5, 0.6) is 0 Å². The lowest BCUT2D eigenvalue weighted by Crippen LogP contribution is -2.15. The highest BCUT2D eigenvalue weighted by Crippen LogP contribution is 2.20. The normalized spacial score (nSPS) is 11.7. The first-order valence-corrected chi connectivity index (χ1v) is 5.86. The zero-order valence-corrected chi connectivity index (χ0v) is 10.1. The van der Waals surface area contributed by atoms with E-state index >= 15 is 0 Å². The molecule has 0 unspecified atom stereocenters. The number of hydrogen-bond acceptors (Lipinski definition) is 1. The molecule has 0 fully saturated rings. The van der Waals surface area contributed by atoms with E-state index in [2.05, 4.69) is 19.1 Å². The minimum absolute atomic E-state index is 0.720. The van der Waals surface area contributed by atoms with Gasteiger partial charge in [-0.3, -0.25) is 0 Å². The standard InChI is InChI=1S/C14H22O/c1-4-5-6-7-12-8-10-13(11-9-12)14(2,3)15/h8-11,15H,4-7H2,1-3H3. The van der Waals surface area contributed by atoms with Gasteiger partial charge in [-0.2, -0.15) is 0 Å². The van der Waals surface area contributed by atoms with Crippen LogP contribution in [0.1, 0.15) is 51.2 Å². The summed E-state index contributed by atoms with van der Waals surface area (Å²) in [7, 11) is 0. The van der Waals surface area contributed by atoms with Gasteiger partial charge in [-0.15, -0.1) is 0 Å². The van der Waals surface area contributed by atoms with Crippen LogP contribution in [0.25, 0.3) is 0 Å². The molecule has 0 aliphatic rings. The van der Waals surface area contributed by atoms with Crippen molar-refractivity contribution in [1.29, 1.82) is 0 Å². The van der Waals surface area contributed by atoms with Gasteiger partial charge in [0.05, 0.1) is 5.60 Å². The van der Waals surface area contributed by atoms with Crippen LogP contribution in [-0.4, -0.2) is 5.11 Å². The maximum absolute atomic E-state index is 9.79. The van der Waals surface area contributed by atoms with E-state index in [9.17, 15) is 5.11 Å². The van der Waals surface area contributed by atoms with Gasteiger partial charge in [0.1, 0.15) is 0 Å². The average molecular weight is 206 g/mol. The lowest BCUT2D eigenvalue weighted by molar-refractivity contribution is 0.0786. The second-order valence-corrected chi connectivity index (χ2v) is 4.71. The fraction of sp³-hybridized carbons (Fsp3) is 0.571. The minimum Gasteiger partial charge on any atom is -0.386 e. The number of aryl methyl sites for hydroxylation is 1. The molecule has 0 saturated carbocycles. The summed E-state index contributed by atoms with van der Waals surface area (Å²) in [5.41, 5.74) is 1.64. The van der Waals surface area contributed by atoms with Crippen molar-refractivity contribution in [2.75, 3.05) is 0 Å². The van der Waals surface area contributed by atoms with Gasteiger partial charge in [-0.05, 0) is 37.8 Å². The van der Waals surface area contributed by atoms with E-state index in [1.807, 2.05) is 26.0 Å². The molecule has 1 N–H and O–H groups in total. The van der Waals surface area contributed by atoms with Crippen molar-refractivity contribution in [1.82, 2.24) is 0 Å². The Labute approximate surface area is 93.1 Å². The predicted octanol–water partition coefficient (Wildman–Crippen LogP) is 3.65. The lowest BCUT2D eigenvalue weighted by Gasteiger charge is -2.17. The van der Waals surface area contributed by atoms with E-state index in [1.165, 1.54) is 24.8 Å². The molecular weight excluding hydrogens is 184 g/mol. The molecule has 1 nitrogen and oxygen atoms in total. The van der Waals surface area contributed by atoms with Crippen LogP contribution in [0.15, 0.2) is 24.3 Å². The summed E-state index contributed by atoms with van der Waals surface area (Å²) < 4.78 is 0. The Kier molecular flexibility index (Phi) is 4.34. The Bertz CT molecular complexity index is 279. The van der Waals surface area contributed by atoms with E-state index in [1.54, 1.807) is 0 Å². The molecular formula is C14H22O. The molecule has 0 amide bonds. The van der Waals surface area contributed by atoms with Gasteiger partial charge < -0.3 is 5.11 Å². The summed E-state index contributed by atoms with van der Waals surface area (Å²) in [5.74, 6) is 0. The predicted molar refractivity (Wildman–Crippen MR) is 64.9 cm³/mol. The molecule has 0 aliphatic heterocycles. The van der Waals surface area contributed by atoms with Crippen LogP contribution in [0, 0.1) is 0 Å². The fourth-order valence-corrected chi connectivity index (χ4v) is 1.66. The minimum atomic E-state index is -0.720. The maximum Gasteiger partial charge on any atom is 0.0840 e. The third-order valence-electron chi connectivity index (χ3n) is 2.73. The smallest absolute Gasteiger partial charge is 0.0840 e. The highest BCUT2D eigenvalue weighted by molar-refractivity contribution is 5.26. The van der Waals surface area contributed by atoms with Crippen molar-refractivity contribution in [3.63, 3.8) is 0 Å². The Morgan fingerprint density at radius 1 is 1.07 bits per heavy atom. The van der Waals surface area contributed by atoms with E-state index in [-0.39, 0.29) is 0 Å². The number of aliphatic hydroxyl groups is 1. The molecule has 15 heavy (non-hydrogen) atoms. The first-order chi connectivity index (χ1) is 7.04. The molecule has 84 valence electrons. The van der Waals surface area contributed by atoms with E-state index < -0.39 is 5.60 Å². The van der Waals surface area contributed by atoms with Crippen LogP contribution in [0.4, 0.5) is 0 Å². The van der Waals surface area contributed by atoms with E-state index in [4.69, 9.17) is 0 Å². The quantitative estimate of drug-likeness (QED) is 0.729. The Morgan fingerprint density at radius 2 is 1.67 bits per heavy atom. The number of benzene rings is 1. The van der Waals surface area contributed by atoms with Crippen molar-refractivity contribution in [2.45, 2.75) is 52.1 Å². The van der Waals surface area contributed by atoms with Crippen LogP contribution in [0.2, 0.25) is 0 Å². The molecule has 0 radical (unpaired) electrons. The van der Waals surface area contributed by atoms with Crippen molar-refractivity contribution in [3.05, 3.63) is 35.4 Å². The van der Waals surface area contributed by atoms with Gasteiger partial charge in [-0.25, -0.2) is 0 Å². The van der Waals surface area contributed by atoms with Crippen LogP contribution in [-0.2, 0) is 12.0 Å².